The lowest BCUT2D eigenvalue weighted by molar-refractivity contribution is -0.596. The molecule has 0 saturated carbocycles. The van der Waals surface area contributed by atoms with Crippen molar-refractivity contribution in [2.75, 3.05) is 0 Å². The third kappa shape index (κ3) is 4.47. The number of aromatic nitrogens is 2. The molecule has 0 fully saturated rings. The molecular weight excluding hydrogens is 415 g/mol. The second-order valence-corrected chi connectivity index (χ2v) is 6.25. The van der Waals surface area contributed by atoms with Gasteiger partial charge < -0.3 is 24.8 Å². The van der Waals surface area contributed by atoms with Crippen LogP contribution in [0.1, 0.15) is 11.1 Å². The number of halogens is 2. The van der Waals surface area contributed by atoms with Gasteiger partial charge in [-0.25, -0.2) is 0 Å². The first-order valence-electron chi connectivity index (χ1n) is 8.82. The Morgan fingerprint density at radius 2 is 0.833 bits per heavy atom. The van der Waals surface area contributed by atoms with Crippen LogP contribution in [0.2, 0.25) is 0 Å². The van der Waals surface area contributed by atoms with Gasteiger partial charge in [0.25, 0.3) is 0 Å². The van der Waals surface area contributed by atoms with Crippen molar-refractivity contribution in [2.24, 2.45) is 0 Å². The zero-order valence-corrected chi connectivity index (χ0v) is 17.3. The minimum atomic E-state index is 0. The lowest BCUT2D eigenvalue weighted by Gasteiger charge is -2.02. The summed E-state index contributed by atoms with van der Waals surface area (Å²) in [4.78, 5) is 0. The number of nitriles is 2. The van der Waals surface area contributed by atoms with Gasteiger partial charge in [0.15, 0.2) is 24.8 Å². The highest BCUT2D eigenvalue weighted by Gasteiger charge is 2.14. The van der Waals surface area contributed by atoms with Gasteiger partial charge in [0.05, 0.1) is 0 Å². The van der Waals surface area contributed by atoms with Crippen molar-refractivity contribution in [2.45, 2.75) is 0 Å². The molecule has 30 heavy (non-hydrogen) atoms. The third-order valence-corrected chi connectivity index (χ3v) is 4.60. The molecule has 4 rings (SSSR count). The van der Waals surface area contributed by atoms with Gasteiger partial charge in [-0.15, -0.1) is 0 Å². The molecule has 2 aromatic heterocycles. The van der Waals surface area contributed by atoms with Gasteiger partial charge in [0.2, 0.25) is 11.4 Å². The molecule has 0 saturated heterocycles. The van der Waals surface area contributed by atoms with Crippen LogP contribution >= 0.6 is 0 Å². The van der Waals surface area contributed by atoms with Gasteiger partial charge >= 0.3 is 0 Å². The molecule has 0 aliphatic heterocycles. The van der Waals surface area contributed by atoms with E-state index in [9.17, 15) is 10.5 Å². The van der Waals surface area contributed by atoms with E-state index in [2.05, 4.69) is 12.1 Å². The van der Waals surface area contributed by atoms with Crippen LogP contribution in [0, 0.1) is 22.7 Å². The molecule has 0 aliphatic rings. The van der Waals surface area contributed by atoms with Crippen LogP contribution in [-0.2, 0) is 0 Å². The normalized spacial score (nSPS) is 9.40. The van der Waals surface area contributed by atoms with Gasteiger partial charge in [-0.2, -0.15) is 19.7 Å². The monoisotopic (exact) mass is 430 g/mol. The highest BCUT2D eigenvalue weighted by atomic mass is 35.5. The first-order chi connectivity index (χ1) is 13.8. The molecule has 4 aromatic rings. The molecule has 146 valence electrons. The smallest absolute Gasteiger partial charge is 0.228 e. The summed E-state index contributed by atoms with van der Waals surface area (Å²) in [7, 11) is 0. The summed E-state index contributed by atoms with van der Waals surface area (Å²) >= 11 is 0. The van der Waals surface area contributed by atoms with E-state index in [1.807, 2.05) is 107 Å². The van der Waals surface area contributed by atoms with E-state index in [1.165, 1.54) is 0 Å². The average Bonchev–Trinajstić information content (AvgIpc) is 2.79. The highest BCUT2D eigenvalue weighted by Crippen LogP contribution is 2.17. The summed E-state index contributed by atoms with van der Waals surface area (Å²) in [5.41, 5.74) is 5.14. The molecule has 0 bridgehead atoms. The quantitative estimate of drug-likeness (QED) is 0.342. The lowest BCUT2D eigenvalue weighted by atomic mass is 10.1. The zero-order chi connectivity index (χ0) is 19.3. The molecule has 0 spiro atoms. The SMILES string of the molecule is N#Cc1ccccc1-[n+]1ccc(-c2cc[n+](-c3ccccc3C#N)cc2)cc1.[Cl-].[Cl-]. The number of hydrogen-bond acceptors (Lipinski definition) is 2. The molecule has 4 nitrogen and oxygen atoms in total. The van der Waals surface area contributed by atoms with E-state index >= 15 is 0 Å². The number of para-hydroxylation sites is 2. The van der Waals surface area contributed by atoms with Crippen molar-refractivity contribution in [1.82, 2.24) is 0 Å². The lowest BCUT2D eigenvalue weighted by Crippen LogP contribution is -3.00. The Labute approximate surface area is 187 Å². The van der Waals surface area contributed by atoms with Crippen molar-refractivity contribution >= 4 is 0 Å². The van der Waals surface area contributed by atoms with E-state index in [0.29, 0.717) is 11.1 Å². The second kappa shape index (κ2) is 10.2. The van der Waals surface area contributed by atoms with Gasteiger partial charge in [0, 0.05) is 36.4 Å². The molecule has 0 radical (unpaired) electrons. The summed E-state index contributed by atoms with van der Waals surface area (Å²) < 4.78 is 3.88. The topological polar surface area (TPSA) is 55.3 Å². The van der Waals surface area contributed by atoms with Crippen LogP contribution in [-0.4, -0.2) is 0 Å². The fraction of sp³-hybridized carbons (Fsp3) is 0. The van der Waals surface area contributed by atoms with Crippen molar-refractivity contribution in [3.05, 3.63) is 109 Å². The van der Waals surface area contributed by atoms with Gasteiger partial charge in [-0.05, 0) is 23.3 Å². The Hall–Kier alpha value is -3.70. The molecule has 0 aliphatic carbocycles. The van der Waals surface area contributed by atoms with Crippen LogP contribution in [0.5, 0.6) is 0 Å². The molecule has 0 amide bonds. The number of rotatable bonds is 3. The maximum absolute atomic E-state index is 9.28. The molecule has 2 aromatic carbocycles. The van der Waals surface area contributed by atoms with E-state index < -0.39 is 0 Å². The van der Waals surface area contributed by atoms with Crippen molar-refractivity contribution in [1.29, 1.82) is 10.5 Å². The predicted molar refractivity (Wildman–Crippen MR) is 104 cm³/mol. The second-order valence-electron chi connectivity index (χ2n) is 6.25. The molecule has 6 heteroatoms. The average molecular weight is 431 g/mol. The van der Waals surface area contributed by atoms with E-state index in [4.69, 9.17) is 0 Å². The Bertz CT molecular complexity index is 1120. The number of hydrogen-bond donors (Lipinski definition) is 0. The van der Waals surface area contributed by atoms with Crippen molar-refractivity contribution in [3.8, 4) is 34.6 Å². The Morgan fingerprint density at radius 3 is 1.17 bits per heavy atom. The summed E-state index contributed by atoms with van der Waals surface area (Å²) in [5, 5.41) is 18.6. The van der Waals surface area contributed by atoms with Crippen LogP contribution in [0.25, 0.3) is 22.5 Å². The zero-order valence-electron chi connectivity index (χ0n) is 15.8. The minimum absolute atomic E-state index is 0. The van der Waals surface area contributed by atoms with Crippen LogP contribution < -0.4 is 33.9 Å². The van der Waals surface area contributed by atoms with Gasteiger partial charge in [-0.3, -0.25) is 0 Å². The maximum atomic E-state index is 9.28. The van der Waals surface area contributed by atoms with Crippen LogP contribution in [0.4, 0.5) is 0 Å². The summed E-state index contributed by atoms with van der Waals surface area (Å²) in [6.45, 7) is 0. The molecule has 2 heterocycles. The minimum Gasteiger partial charge on any atom is -1.00 e. The first kappa shape index (κ1) is 22.6. The summed E-state index contributed by atoms with van der Waals surface area (Å²) in [6, 6.07) is 27.6. The van der Waals surface area contributed by atoms with Gasteiger partial charge in [0.1, 0.15) is 23.3 Å². The molecule has 0 unspecified atom stereocenters. The molecular formula is C24H16Cl2N4. The van der Waals surface area contributed by atoms with Crippen LogP contribution in [0.3, 0.4) is 0 Å². The summed E-state index contributed by atoms with van der Waals surface area (Å²) in [6.07, 6.45) is 7.82. The first-order valence-corrected chi connectivity index (χ1v) is 8.82. The number of benzene rings is 2. The molecule has 0 atom stereocenters. The Balaban J connectivity index is 0.00000160. The Kier molecular flexibility index (Phi) is 7.67. The van der Waals surface area contributed by atoms with Crippen molar-refractivity contribution < 1.29 is 33.9 Å². The summed E-state index contributed by atoms with van der Waals surface area (Å²) in [5.74, 6) is 0. The van der Waals surface area contributed by atoms with E-state index in [0.717, 1.165) is 22.5 Å². The fourth-order valence-electron chi connectivity index (χ4n) is 3.15. The third-order valence-electron chi connectivity index (χ3n) is 4.60. The standard InChI is InChI=1S/C24H16N4.2ClH/c25-17-21-5-1-3-7-23(21)27-13-9-19(10-14-27)20-11-15-28(16-12-20)24-8-4-2-6-22(24)18-26;;/h1-16H;2*1H/q+2;;/p-2. The van der Waals surface area contributed by atoms with Gasteiger partial charge in [-0.1, -0.05) is 24.3 Å². The molecule has 0 N–H and O–H groups in total. The number of pyridine rings is 2. The fourth-order valence-corrected chi connectivity index (χ4v) is 3.15. The maximum Gasteiger partial charge on any atom is 0.228 e. The Morgan fingerprint density at radius 1 is 0.500 bits per heavy atom. The van der Waals surface area contributed by atoms with Crippen molar-refractivity contribution in [3.63, 3.8) is 0 Å². The number of nitrogens with zero attached hydrogens (tertiary/aromatic N) is 4. The predicted octanol–water partition coefficient (Wildman–Crippen LogP) is -2.34. The van der Waals surface area contributed by atoms with Crippen LogP contribution in [0.15, 0.2) is 97.6 Å². The van der Waals surface area contributed by atoms with E-state index in [-0.39, 0.29) is 24.8 Å². The van der Waals surface area contributed by atoms with E-state index in [1.54, 1.807) is 0 Å². The highest BCUT2D eigenvalue weighted by molar-refractivity contribution is 5.61. The largest absolute Gasteiger partial charge is 1.00 e.